The summed E-state index contributed by atoms with van der Waals surface area (Å²) < 4.78 is 7.19. The minimum absolute atomic E-state index is 0.115. The second-order valence-electron chi connectivity index (χ2n) is 13.6. The van der Waals surface area contributed by atoms with Crippen molar-refractivity contribution in [2.45, 2.75) is 94.3 Å². The van der Waals surface area contributed by atoms with E-state index in [0.29, 0.717) is 17.9 Å². The van der Waals surface area contributed by atoms with E-state index in [1.54, 1.807) is 0 Å². The summed E-state index contributed by atoms with van der Waals surface area (Å²) in [5.41, 5.74) is 3.75. The van der Waals surface area contributed by atoms with Crippen LogP contribution in [-0.2, 0) is 4.74 Å². The number of hydrogen-bond donors (Lipinski definition) is 2. The van der Waals surface area contributed by atoms with E-state index in [1.807, 2.05) is 0 Å². The van der Waals surface area contributed by atoms with E-state index in [2.05, 4.69) is 76.0 Å². The molecule has 1 aliphatic carbocycles. The third-order valence-corrected chi connectivity index (χ3v) is 11.4. The second-order valence-corrected chi connectivity index (χ2v) is 13.6. The van der Waals surface area contributed by atoms with Crippen LogP contribution in [0.5, 0.6) is 0 Å². The predicted molar refractivity (Wildman–Crippen MR) is 167 cm³/mol. The van der Waals surface area contributed by atoms with E-state index < -0.39 is 0 Å². The van der Waals surface area contributed by atoms with Gasteiger partial charge in [-0.1, -0.05) is 42.5 Å². The number of allylic oxidation sites excluding steroid dienone is 4. The maximum absolute atomic E-state index is 7.19. The zero-order valence-electron chi connectivity index (χ0n) is 24.5. The number of H-pyrrole nitrogens is 1. The van der Waals surface area contributed by atoms with Crippen LogP contribution in [0.4, 0.5) is 0 Å². The first-order valence-corrected chi connectivity index (χ1v) is 16.6. The summed E-state index contributed by atoms with van der Waals surface area (Å²) >= 11 is 0. The highest BCUT2D eigenvalue weighted by molar-refractivity contribution is 6.07. The van der Waals surface area contributed by atoms with Crippen LogP contribution in [0, 0.1) is 11.3 Å². The highest BCUT2D eigenvalue weighted by Gasteiger charge is 2.75. The number of hydrogen-bond acceptors (Lipinski definition) is 4. The van der Waals surface area contributed by atoms with Gasteiger partial charge >= 0.3 is 0 Å². The Labute approximate surface area is 244 Å². The molecule has 216 valence electrons. The molecular formula is C36H46N4O. The van der Waals surface area contributed by atoms with Gasteiger partial charge in [0.2, 0.25) is 0 Å². The van der Waals surface area contributed by atoms with Gasteiger partial charge in [-0.25, -0.2) is 0 Å². The first-order valence-electron chi connectivity index (χ1n) is 16.6. The van der Waals surface area contributed by atoms with Crippen molar-refractivity contribution < 1.29 is 4.74 Å². The molecule has 3 aromatic rings. The molecule has 2 saturated heterocycles. The summed E-state index contributed by atoms with van der Waals surface area (Å²) in [7, 11) is 0. The van der Waals surface area contributed by atoms with Crippen LogP contribution >= 0.6 is 0 Å². The number of aromatic amines is 1. The minimum Gasteiger partial charge on any atom is -0.364 e. The molecule has 1 saturated carbocycles. The Morgan fingerprint density at radius 1 is 0.854 bits per heavy atom. The van der Waals surface area contributed by atoms with Crippen molar-refractivity contribution in [2.75, 3.05) is 26.2 Å². The Kier molecular flexibility index (Phi) is 6.81. The van der Waals surface area contributed by atoms with Crippen molar-refractivity contribution in [3.8, 4) is 0 Å². The number of fused-ring (bicyclic) bond motifs is 4. The van der Waals surface area contributed by atoms with Gasteiger partial charge in [-0.15, -0.1) is 0 Å². The fourth-order valence-corrected chi connectivity index (χ4v) is 9.64. The van der Waals surface area contributed by atoms with Crippen molar-refractivity contribution >= 4 is 21.8 Å². The first-order chi connectivity index (χ1) is 20.3. The second kappa shape index (κ2) is 10.7. The summed E-state index contributed by atoms with van der Waals surface area (Å²) in [4.78, 5) is 11.9. The van der Waals surface area contributed by atoms with Crippen molar-refractivity contribution in [3.05, 3.63) is 66.5 Å². The van der Waals surface area contributed by atoms with Crippen LogP contribution in [0.1, 0.15) is 82.2 Å². The Morgan fingerprint density at radius 3 is 2.61 bits per heavy atom. The topological polar surface area (TPSA) is 56.5 Å². The summed E-state index contributed by atoms with van der Waals surface area (Å²) in [6, 6.07) is 11.4. The number of benzene rings is 1. The predicted octanol–water partition coefficient (Wildman–Crippen LogP) is 7.26. The van der Waals surface area contributed by atoms with Gasteiger partial charge in [0.25, 0.3) is 0 Å². The lowest BCUT2D eigenvalue weighted by Gasteiger charge is -2.59. The molecule has 1 aromatic carbocycles. The lowest BCUT2D eigenvalue weighted by Crippen LogP contribution is -2.68. The fourth-order valence-electron chi connectivity index (χ4n) is 9.64. The zero-order valence-corrected chi connectivity index (χ0v) is 24.5. The number of epoxide rings is 1. The number of para-hydroxylation sites is 1. The third kappa shape index (κ3) is 4.34. The Bertz CT molecular complexity index is 1460. The van der Waals surface area contributed by atoms with Gasteiger partial charge in [0.05, 0.1) is 17.3 Å². The van der Waals surface area contributed by atoms with Crippen molar-refractivity contribution in [1.29, 1.82) is 0 Å². The molecule has 5 heteroatoms. The summed E-state index contributed by atoms with van der Waals surface area (Å²) in [6.07, 6.45) is 25.5. The molecular weight excluding hydrogens is 504 g/mol. The van der Waals surface area contributed by atoms with Crippen LogP contribution in [0.25, 0.3) is 21.8 Å². The van der Waals surface area contributed by atoms with Crippen LogP contribution in [-0.4, -0.2) is 58.8 Å². The quantitative estimate of drug-likeness (QED) is 0.247. The zero-order chi connectivity index (χ0) is 27.3. The summed E-state index contributed by atoms with van der Waals surface area (Å²) in [5, 5.41) is 6.86. The number of piperidine rings is 1. The molecule has 4 aliphatic heterocycles. The monoisotopic (exact) mass is 550 g/mol. The molecule has 7 unspecified atom stereocenters. The number of pyridine rings is 1. The molecule has 3 bridgehead atoms. The molecule has 2 aromatic heterocycles. The van der Waals surface area contributed by atoms with Crippen LogP contribution < -0.4 is 5.32 Å². The van der Waals surface area contributed by atoms with Gasteiger partial charge in [0, 0.05) is 46.4 Å². The molecule has 8 rings (SSSR count). The highest BCUT2D eigenvalue weighted by atomic mass is 16.6. The van der Waals surface area contributed by atoms with E-state index >= 15 is 0 Å². The van der Waals surface area contributed by atoms with Gasteiger partial charge in [0.1, 0.15) is 5.60 Å². The maximum atomic E-state index is 7.19. The molecule has 2 N–H and O–H groups in total. The molecule has 41 heavy (non-hydrogen) atoms. The van der Waals surface area contributed by atoms with Gasteiger partial charge in [0.15, 0.2) is 0 Å². The number of ether oxygens (including phenoxy) is 1. The lowest BCUT2D eigenvalue weighted by molar-refractivity contribution is -0.0577. The van der Waals surface area contributed by atoms with Gasteiger partial charge in [-0.05, 0) is 108 Å². The summed E-state index contributed by atoms with van der Waals surface area (Å²) in [6.45, 7) is 4.71. The standard InChI is InChI=1S/C36H46N4O/c1-3-7-13-21-38-34-35(19-11-5-1)25-40-23-14-8-4-2-6-12-20-36(34)33(41-36)30(28(35)18-24-40)32-31-27(17-22-37-32)26-15-9-10-16-29(26)39-31/h1-2,5-6,9-10,15-17,22,28,30,33-34,38-39H,3-4,7-8,11-14,18-21,23-25H2/b5-1-,6-2+. The normalized spacial score (nSPS) is 39.4. The van der Waals surface area contributed by atoms with Crippen LogP contribution in [0.3, 0.4) is 0 Å². The largest absolute Gasteiger partial charge is 0.364 e. The maximum Gasteiger partial charge on any atom is 0.112 e. The summed E-state index contributed by atoms with van der Waals surface area (Å²) in [5.74, 6) is 0.867. The van der Waals surface area contributed by atoms with Crippen molar-refractivity contribution in [1.82, 2.24) is 20.2 Å². The van der Waals surface area contributed by atoms with E-state index in [-0.39, 0.29) is 17.1 Å². The van der Waals surface area contributed by atoms with Gasteiger partial charge in [-0.3, -0.25) is 4.98 Å². The Hall–Kier alpha value is -2.47. The van der Waals surface area contributed by atoms with Gasteiger partial charge in [-0.2, -0.15) is 0 Å². The van der Waals surface area contributed by atoms with Crippen LogP contribution in [0.15, 0.2) is 60.8 Å². The highest BCUT2D eigenvalue weighted by Crippen LogP contribution is 2.67. The van der Waals surface area contributed by atoms with Crippen molar-refractivity contribution in [3.63, 3.8) is 0 Å². The molecule has 0 amide bonds. The molecule has 7 atom stereocenters. The van der Waals surface area contributed by atoms with Crippen molar-refractivity contribution in [2.24, 2.45) is 11.3 Å². The Balaban J connectivity index is 1.30. The SMILES string of the molecule is C1=C\CCC23CN4CCCC/C=C/CCC5(OC5C(c5nccc6c5[nH]c5ccccc56)C2CC4)C3NCCCC/1. The third-order valence-electron chi connectivity index (χ3n) is 11.4. The number of nitrogens with one attached hydrogen (secondary N) is 2. The van der Waals surface area contributed by atoms with Gasteiger partial charge < -0.3 is 19.9 Å². The Morgan fingerprint density at radius 2 is 1.68 bits per heavy atom. The van der Waals surface area contributed by atoms with E-state index in [4.69, 9.17) is 9.72 Å². The number of nitrogens with zero attached hydrogens (tertiary/aromatic N) is 2. The smallest absolute Gasteiger partial charge is 0.112 e. The molecule has 0 radical (unpaired) electrons. The lowest BCUT2D eigenvalue weighted by atomic mass is 9.50. The first kappa shape index (κ1) is 26.2. The fraction of sp³-hybridized carbons (Fsp3) is 0.583. The van der Waals surface area contributed by atoms with E-state index in [1.165, 1.54) is 105 Å². The number of aromatic nitrogens is 2. The minimum atomic E-state index is -0.115. The average molecular weight is 551 g/mol. The molecule has 6 heterocycles. The number of rotatable bonds is 1. The molecule has 2 spiro atoms. The average Bonchev–Trinajstić information content (AvgIpc) is 3.59. The van der Waals surface area contributed by atoms with E-state index in [0.717, 1.165) is 19.4 Å². The van der Waals surface area contributed by atoms with Crippen LogP contribution in [0.2, 0.25) is 0 Å². The van der Waals surface area contributed by atoms with E-state index in [9.17, 15) is 0 Å². The molecule has 3 fully saturated rings. The molecule has 5 aliphatic rings. The molecule has 5 nitrogen and oxygen atoms in total.